The Morgan fingerprint density at radius 3 is 2.50 bits per heavy atom. The smallest absolute Gasteiger partial charge is 0.255 e. The topological polar surface area (TPSA) is 96.9 Å². The third-order valence-electron chi connectivity index (χ3n) is 3.39. The molecule has 0 aromatic heterocycles. The van der Waals surface area contributed by atoms with E-state index in [9.17, 15) is 17.6 Å². The van der Waals surface area contributed by atoms with Crippen molar-refractivity contribution < 1.29 is 22.3 Å². The van der Waals surface area contributed by atoms with Crippen LogP contribution in [0, 0.1) is 5.82 Å². The molecule has 2 aromatic rings. The molecule has 2 N–H and O–H groups in total. The van der Waals surface area contributed by atoms with E-state index in [-0.39, 0.29) is 10.6 Å². The Hall–Kier alpha value is -2.78. The van der Waals surface area contributed by atoms with Crippen LogP contribution in [0.2, 0.25) is 0 Å². The first-order valence-electron chi connectivity index (χ1n) is 7.55. The number of amides is 1. The summed E-state index contributed by atoms with van der Waals surface area (Å²) in [5.74, 6) is -1.11. The molecule has 1 amide bonds. The van der Waals surface area contributed by atoms with Gasteiger partial charge in [-0.3, -0.25) is 4.79 Å². The summed E-state index contributed by atoms with van der Waals surface area (Å²) in [5, 5.41) is 3.84. The molecule has 0 unspecified atom stereocenters. The van der Waals surface area contributed by atoms with E-state index in [1.807, 2.05) is 0 Å². The number of nitrogens with zero attached hydrogens (tertiary/aromatic N) is 1. The summed E-state index contributed by atoms with van der Waals surface area (Å²) in [5.41, 5.74) is 3.03. The van der Waals surface area contributed by atoms with Crippen molar-refractivity contribution in [3.05, 3.63) is 59.9 Å². The van der Waals surface area contributed by atoms with Gasteiger partial charge >= 0.3 is 0 Å². The summed E-state index contributed by atoms with van der Waals surface area (Å²) < 4.78 is 44.7. The molecule has 0 bridgehead atoms. The van der Waals surface area contributed by atoms with Crippen molar-refractivity contribution in [2.75, 3.05) is 13.7 Å². The van der Waals surface area contributed by atoms with Crippen LogP contribution in [0.5, 0.6) is 5.75 Å². The van der Waals surface area contributed by atoms with Crippen LogP contribution in [-0.2, 0) is 14.8 Å². The number of hydrogen-bond acceptors (Lipinski definition) is 5. The fourth-order valence-corrected chi connectivity index (χ4v) is 2.99. The van der Waals surface area contributed by atoms with Gasteiger partial charge in [-0.2, -0.15) is 5.10 Å². The summed E-state index contributed by atoms with van der Waals surface area (Å²) >= 11 is 0. The van der Waals surface area contributed by atoms with Gasteiger partial charge < -0.3 is 4.74 Å². The third-order valence-corrected chi connectivity index (χ3v) is 4.81. The van der Waals surface area contributed by atoms with Gasteiger partial charge in [-0.05, 0) is 37.3 Å². The molecular weight excluding hydrogens is 361 g/mol. The summed E-state index contributed by atoms with van der Waals surface area (Å²) in [6, 6.07) is 11.9. The molecule has 0 aliphatic rings. The largest absolute Gasteiger partial charge is 0.494 e. The van der Waals surface area contributed by atoms with Crippen LogP contribution in [0.25, 0.3) is 0 Å². The van der Waals surface area contributed by atoms with E-state index in [2.05, 4.69) is 15.2 Å². The zero-order chi connectivity index (χ0) is 19.2. The van der Waals surface area contributed by atoms with Crippen LogP contribution in [0.3, 0.4) is 0 Å². The Balaban J connectivity index is 1.95. The maximum atomic E-state index is 13.7. The summed E-state index contributed by atoms with van der Waals surface area (Å²) in [6.07, 6.45) is 0. The van der Waals surface area contributed by atoms with Crippen LogP contribution < -0.4 is 14.9 Å². The first-order chi connectivity index (χ1) is 12.3. The van der Waals surface area contributed by atoms with Gasteiger partial charge in [0.05, 0.1) is 24.3 Å². The molecule has 0 fully saturated rings. The lowest BCUT2D eigenvalue weighted by Gasteiger charge is -2.07. The second kappa shape index (κ2) is 8.54. The zero-order valence-corrected chi connectivity index (χ0v) is 15.0. The maximum Gasteiger partial charge on any atom is 0.255 e. The Bertz CT molecular complexity index is 915. The predicted octanol–water partition coefficient (Wildman–Crippen LogP) is 1.65. The standard InChI is InChI=1S/C17H18FN3O4S/c1-12(13-8-9-16(25-2)15(18)10-13)20-21-17(22)11-19-26(23,24)14-6-4-3-5-7-14/h3-10,19H,11H2,1-2H3,(H,21,22)/b20-12-. The molecule has 0 aliphatic carbocycles. The second-order valence-electron chi connectivity index (χ2n) is 5.22. The van der Waals surface area contributed by atoms with Crippen molar-refractivity contribution in [3.63, 3.8) is 0 Å². The van der Waals surface area contributed by atoms with Gasteiger partial charge in [0.15, 0.2) is 11.6 Å². The number of hydrogen-bond donors (Lipinski definition) is 2. The Morgan fingerprint density at radius 2 is 1.88 bits per heavy atom. The SMILES string of the molecule is COc1ccc(/C(C)=N\NC(=O)CNS(=O)(=O)c2ccccc2)cc1F. The molecule has 0 aliphatic heterocycles. The first kappa shape index (κ1) is 19.5. The van der Waals surface area contributed by atoms with E-state index in [1.165, 1.54) is 31.4 Å². The van der Waals surface area contributed by atoms with Gasteiger partial charge in [-0.15, -0.1) is 0 Å². The monoisotopic (exact) mass is 379 g/mol. The Morgan fingerprint density at radius 1 is 1.19 bits per heavy atom. The molecule has 9 heteroatoms. The minimum Gasteiger partial charge on any atom is -0.494 e. The minimum absolute atomic E-state index is 0.0567. The quantitative estimate of drug-likeness (QED) is 0.565. The maximum absolute atomic E-state index is 13.7. The highest BCUT2D eigenvalue weighted by atomic mass is 32.2. The van der Waals surface area contributed by atoms with E-state index < -0.39 is 28.3 Å². The number of rotatable bonds is 7. The lowest BCUT2D eigenvalue weighted by molar-refractivity contribution is -0.119. The highest BCUT2D eigenvalue weighted by molar-refractivity contribution is 7.89. The first-order valence-corrected chi connectivity index (χ1v) is 9.03. The van der Waals surface area contributed by atoms with E-state index >= 15 is 0 Å². The number of methoxy groups -OCH3 is 1. The fraction of sp³-hybridized carbons (Fsp3) is 0.176. The van der Waals surface area contributed by atoms with Crippen molar-refractivity contribution >= 4 is 21.6 Å². The average Bonchev–Trinajstić information content (AvgIpc) is 2.65. The number of ether oxygens (including phenoxy) is 1. The zero-order valence-electron chi connectivity index (χ0n) is 14.2. The van der Waals surface area contributed by atoms with Gasteiger partial charge in [0, 0.05) is 5.56 Å². The van der Waals surface area contributed by atoms with Gasteiger partial charge in [0.25, 0.3) is 5.91 Å². The molecule has 2 rings (SSSR count). The van der Waals surface area contributed by atoms with Crippen molar-refractivity contribution in [1.29, 1.82) is 0 Å². The fourth-order valence-electron chi connectivity index (χ4n) is 1.99. The van der Waals surface area contributed by atoms with Crippen LogP contribution in [0.15, 0.2) is 58.5 Å². The molecule has 0 heterocycles. The number of benzene rings is 2. The molecule has 0 saturated heterocycles. The molecule has 0 atom stereocenters. The van der Waals surface area contributed by atoms with E-state index in [0.717, 1.165) is 0 Å². The number of halogens is 1. The van der Waals surface area contributed by atoms with E-state index in [0.29, 0.717) is 11.3 Å². The molecular formula is C17H18FN3O4S. The second-order valence-corrected chi connectivity index (χ2v) is 6.99. The van der Waals surface area contributed by atoms with Gasteiger partial charge in [-0.25, -0.2) is 23.0 Å². The van der Waals surface area contributed by atoms with Gasteiger partial charge in [0.2, 0.25) is 10.0 Å². The summed E-state index contributed by atoms with van der Waals surface area (Å²) in [6.45, 7) is 1.10. The summed E-state index contributed by atoms with van der Waals surface area (Å²) in [4.78, 5) is 11.8. The normalized spacial score (nSPS) is 11.9. The van der Waals surface area contributed by atoms with Crippen LogP contribution in [0.1, 0.15) is 12.5 Å². The molecule has 0 saturated carbocycles. The van der Waals surface area contributed by atoms with E-state index in [4.69, 9.17) is 4.74 Å². The van der Waals surface area contributed by atoms with Crippen LogP contribution >= 0.6 is 0 Å². The van der Waals surface area contributed by atoms with Crippen molar-refractivity contribution in [2.24, 2.45) is 5.10 Å². The molecule has 7 nitrogen and oxygen atoms in total. The number of nitrogens with one attached hydrogen (secondary N) is 2. The molecule has 138 valence electrons. The molecule has 2 aromatic carbocycles. The van der Waals surface area contributed by atoms with Crippen molar-refractivity contribution in [2.45, 2.75) is 11.8 Å². The van der Waals surface area contributed by atoms with Gasteiger partial charge in [-0.1, -0.05) is 18.2 Å². The van der Waals surface area contributed by atoms with Gasteiger partial charge in [0.1, 0.15) is 0 Å². The van der Waals surface area contributed by atoms with Crippen LogP contribution in [0.4, 0.5) is 4.39 Å². The lowest BCUT2D eigenvalue weighted by atomic mass is 10.1. The van der Waals surface area contributed by atoms with Crippen molar-refractivity contribution in [3.8, 4) is 5.75 Å². The number of sulfonamides is 1. The highest BCUT2D eigenvalue weighted by Crippen LogP contribution is 2.18. The Kier molecular flexibility index (Phi) is 6.42. The average molecular weight is 379 g/mol. The molecule has 0 spiro atoms. The number of carbonyl (C=O) groups is 1. The van der Waals surface area contributed by atoms with Crippen LogP contribution in [-0.4, -0.2) is 33.7 Å². The summed E-state index contributed by atoms with van der Waals surface area (Å²) in [7, 11) is -2.43. The van der Waals surface area contributed by atoms with E-state index in [1.54, 1.807) is 31.2 Å². The van der Waals surface area contributed by atoms with Crippen molar-refractivity contribution in [1.82, 2.24) is 10.1 Å². The molecule has 26 heavy (non-hydrogen) atoms. The number of hydrazone groups is 1. The number of carbonyl (C=O) groups excluding carboxylic acids is 1. The molecule has 0 radical (unpaired) electrons. The lowest BCUT2D eigenvalue weighted by Crippen LogP contribution is -2.35. The highest BCUT2D eigenvalue weighted by Gasteiger charge is 2.14. The predicted molar refractivity (Wildman–Crippen MR) is 94.9 cm³/mol. The minimum atomic E-state index is -3.78. The third kappa shape index (κ3) is 5.11. The Labute approximate surface area is 150 Å².